The van der Waals surface area contributed by atoms with Crippen molar-refractivity contribution in [2.75, 3.05) is 31.2 Å². The predicted octanol–water partition coefficient (Wildman–Crippen LogP) is 2.08. The lowest BCUT2D eigenvalue weighted by Gasteiger charge is -2.30. The van der Waals surface area contributed by atoms with Crippen LogP contribution < -0.4 is 4.90 Å². The Kier molecular flexibility index (Phi) is 4.78. The smallest absolute Gasteiger partial charge is 0.232 e. The van der Waals surface area contributed by atoms with Crippen LogP contribution in [0.4, 0.5) is 10.1 Å². The molecule has 142 valence electrons. The third-order valence-electron chi connectivity index (χ3n) is 5.16. The Balaban J connectivity index is 1.52. The summed E-state index contributed by atoms with van der Waals surface area (Å²) in [4.78, 5) is 33.4. The fourth-order valence-corrected chi connectivity index (χ4v) is 3.93. The van der Waals surface area contributed by atoms with Crippen LogP contribution >= 0.6 is 0 Å². The van der Waals surface area contributed by atoms with Crippen molar-refractivity contribution in [2.24, 2.45) is 4.99 Å². The molecule has 1 saturated heterocycles. The standard InChI is InChI=1S/C20H22FN3O3/c1-13-8-14-9-15(21)2-3-18(14)24(13)20(26)11-16-10-17(25)12-19(22-16)23-4-6-27-7-5-23/h2-3,9,12-13H,4-8,10-11H2,1H3/t13-/m0/s1. The molecule has 1 atom stereocenters. The summed E-state index contributed by atoms with van der Waals surface area (Å²) >= 11 is 0. The van der Waals surface area contributed by atoms with Crippen LogP contribution in [0.3, 0.4) is 0 Å². The number of benzene rings is 1. The highest BCUT2D eigenvalue weighted by Gasteiger charge is 2.32. The molecule has 0 aliphatic carbocycles. The number of hydrogen-bond donors (Lipinski definition) is 0. The third kappa shape index (κ3) is 3.64. The summed E-state index contributed by atoms with van der Waals surface area (Å²) in [5.74, 6) is 0.181. The van der Waals surface area contributed by atoms with E-state index in [2.05, 4.69) is 4.99 Å². The molecule has 0 bridgehead atoms. The molecular weight excluding hydrogens is 349 g/mol. The first-order valence-electron chi connectivity index (χ1n) is 9.25. The van der Waals surface area contributed by atoms with Gasteiger partial charge in [-0.3, -0.25) is 9.59 Å². The Morgan fingerprint density at radius 3 is 2.89 bits per heavy atom. The maximum atomic E-state index is 13.5. The highest BCUT2D eigenvalue weighted by molar-refractivity contribution is 6.16. The summed E-state index contributed by atoms with van der Waals surface area (Å²) in [7, 11) is 0. The van der Waals surface area contributed by atoms with Gasteiger partial charge in [-0.1, -0.05) is 0 Å². The van der Waals surface area contributed by atoms with Crippen molar-refractivity contribution in [2.45, 2.75) is 32.2 Å². The first-order chi connectivity index (χ1) is 13.0. The minimum Gasteiger partial charge on any atom is -0.378 e. The van der Waals surface area contributed by atoms with Gasteiger partial charge in [0.1, 0.15) is 11.6 Å². The molecule has 27 heavy (non-hydrogen) atoms. The minimum atomic E-state index is -0.294. The van der Waals surface area contributed by atoms with Crippen molar-refractivity contribution < 1.29 is 18.7 Å². The van der Waals surface area contributed by atoms with Crippen molar-refractivity contribution >= 4 is 23.1 Å². The zero-order valence-electron chi connectivity index (χ0n) is 15.3. The van der Waals surface area contributed by atoms with Crippen LogP contribution in [0.15, 0.2) is 35.1 Å². The normalized spacial score (nSPS) is 22.4. The molecular formula is C20H22FN3O3. The Labute approximate surface area is 157 Å². The minimum absolute atomic E-state index is 0.0359. The summed E-state index contributed by atoms with van der Waals surface area (Å²) in [5.41, 5.74) is 2.17. The van der Waals surface area contributed by atoms with Crippen molar-refractivity contribution in [3.8, 4) is 0 Å². The molecule has 0 saturated carbocycles. The fourth-order valence-electron chi connectivity index (χ4n) is 3.93. The predicted molar refractivity (Wildman–Crippen MR) is 99.2 cm³/mol. The highest BCUT2D eigenvalue weighted by Crippen LogP contribution is 2.33. The van der Waals surface area contributed by atoms with Gasteiger partial charge in [-0.25, -0.2) is 9.38 Å². The molecule has 0 N–H and O–H groups in total. The molecule has 4 rings (SSSR count). The number of ether oxygens (including phenoxy) is 1. The van der Waals surface area contributed by atoms with Gasteiger partial charge in [0.05, 0.1) is 19.6 Å². The molecule has 3 aliphatic rings. The number of anilines is 1. The number of halogens is 1. The van der Waals surface area contributed by atoms with Crippen molar-refractivity contribution in [1.82, 2.24) is 4.90 Å². The molecule has 6 nitrogen and oxygen atoms in total. The molecule has 1 fully saturated rings. The van der Waals surface area contributed by atoms with Crippen LogP contribution in [0.2, 0.25) is 0 Å². The van der Waals surface area contributed by atoms with E-state index < -0.39 is 0 Å². The molecule has 1 amide bonds. The van der Waals surface area contributed by atoms with Gasteiger partial charge in [-0.2, -0.15) is 0 Å². The van der Waals surface area contributed by atoms with Gasteiger partial charge in [-0.05, 0) is 37.1 Å². The molecule has 1 aromatic carbocycles. The van der Waals surface area contributed by atoms with E-state index in [9.17, 15) is 14.0 Å². The van der Waals surface area contributed by atoms with Gasteiger partial charge in [0.15, 0.2) is 5.78 Å². The number of carbonyl (C=O) groups is 2. The summed E-state index contributed by atoms with van der Waals surface area (Å²) in [6, 6.07) is 4.47. The number of hydrogen-bond acceptors (Lipinski definition) is 5. The number of allylic oxidation sites excluding steroid dienone is 1. The maximum Gasteiger partial charge on any atom is 0.232 e. The van der Waals surface area contributed by atoms with E-state index in [4.69, 9.17) is 4.74 Å². The number of morpholine rings is 1. The molecule has 0 unspecified atom stereocenters. The maximum absolute atomic E-state index is 13.5. The number of nitrogens with zero attached hydrogens (tertiary/aromatic N) is 3. The van der Waals surface area contributed by atoms with E-state index in [1.165, 1.54) is 12.1 Å². The van der Waals surface area contributed by atoms with Crippen LogP contribution in [-0.4, -0.2) is 54.6 Å². The quantitative estimate of drug-likeness (QED) is 0.816. The lowest BCUT2D eigenvalue weighted by Crippen LogP contribution is -2.38. The van der Waals surface area contributed by atoms with Gasteiger partial charge in [-0.15, -0.1) is 0 Å². The molecule has 3 aliphatic heterocycles. The number of amides is 1. The fraction of sp³-hybridized carbons (Fsp3) is 0.450. The van der Waals surface area contributed by atoms with E-state index in [0.717, 1.165) is 11.3 Å². The monoisotopic (exact) mass is 371 g/mol. The van der Waals surface area contributed by atoms with Gasteiger partial charge < -0.3 is 14.5 Å². The number of aliphatic imine (C=N–C) groups is 1. The Morgan fingerprint density at radius 1 is 1.33 bits per heavy atom. The average Bonchev–Trinajstić information content (AvgIpc) is 2.96. The zero-order chi connectivity index (χ0) is 19.0. The lowest BCUT2D eigenvalue weighted by molar-refractivity contribution is -0.117. The van der Waals surface area contributed by atoms with Crippen LogP contribution in [0.5, 0.6) is 0 Å². The highest BCUT2D eigenvalue weighted by atomic mass is 19.1. The third-order valence-corrected chi connectivity index (χ3v) is 5.16. The second-order valence-corrected chi connectivity index (χ2v) is 7.19. The Hall–Kier alpha value is -2.54. The van der Waals surface area contributed by atoms with Gasteiger partial charge >= 0.3 is 0 Å². The molecule has 7 heteroatoms. The first kappa shape index (κ1) is 17.9. The van der Waals surface area contributed by atoms with Crippen molar-refractivity contribution in [3.63, 3.8) is 0 Å². The zero-order valence-corrected chi connectivity index (χ0v) is 15.3. The van der Waals surface area contributed by atoms with E-state index in [-0.39, 0.29) is 36.4 Å². The van der Waals surface area contributed by atoms with Crippen LogP contribution in [0.25, 0.3) is 0 Å². The lowest BCUT2D eigenvalue weighted by atomic mass is 10.1. The van der Waals surface area contributed by atoms with E-state index in [1.54, 1.807) is 17.0 Å². The molecule has 0 aromatic heterocycles. The van der Waals surface area contributed by atoms with E-state index in [1.807, 2.05) is 11.8 Å². The van der Waals surface area contributed by atoms with E-state index >= 15 is 0 Å². The van der Waals surface area contributed by atoms with Gasteiger partial charge in [0.2, 0.25) is 5.91 Å². The largest absolute Gasteiger partial charge is 0.378 e. The SMILES string of the molecule is C[C@H]1Cc2cc(F)ccc2N1C(=O)CC1=NC(N2CCOCC2)=CC(=O)C1. The number of carbonyl (C=O) groups excluding carboxylic acids is 2. The number of fused-ring (bicyclic) bond motifs is 1. The number of ketones is 1. The average molecular weight is 371 g/mol. The summed E-state index contributed by atoms with van der Waals surface area (Å²) in [6.45, 7) is 4.53. The summed E-state index contributed by atoms with van der Waals surface area (Å²) in [6.07, 6.45) is 2.44. The summed E-state index contributed by atoms with van der Waals surface area (Å²) in [5, 5.41) is 0. The molecule has 3 heterocycles. The first-order valence-corrected chi connectivity index (χ1v) is 9.25. The van der Waals surface area contributed by atoms with E-state index in [0.29, 0.717) is 44.3 Å². The second-order valence-electron chi connectivity index (χ2n) is 7.19. The van der Waals surface area contributed by atoms with Gasteiger partial charge in [0, 0.05) is 43.0 Å². The Morgan fingerprint density at radius 2 is 2.11 bits per heavy atom. The van der Waals surface area contributed by atoms with Crippen LogP contribution in [0, 0.1) is 5.82 Å². The topological polar surface area (TPSA) is 62.2 Å². The summed E-state index contributed by atoms with van der Waals surface area (Å²) < 4.78 is 18.8. The Bertz CT molecular complexity index is 843. The van der Waals surface area contributed by atoms with Gasteiger partial charge in [0.25, 0.3) is 0 Å². The van der Waals surface area contributed by atoms with Crippen LogP contribution in [-0.2, 0) is 20.7 Å². The van der Waals surface area contributed by atoms with Crippen molar-refractivity contribution in [1.29, 1.82) is 0 Å². The van der Waals surface area contributed by atoms with Crippen molar-refractivity contribution in [3.05, 3.63) is 41.5 Å². The molecule has 0 spiro atoms. The number of rotatable bonds is 3. The molecule has 1 aromatic rings. The second kappa shape index (κ2) is 7.23. The molecule has 0 radical (unpaired) electrons. The van der Waals surface area contributed by atoms with Crippen LogP contribution in [0.1, 0.15) is 25.3 Å².